The van der Waals surface area contributed by atoms with Gasteiger partial charge in [0.05, 0.1) is 18.4 Å². The highest BCUT2D eigenvalue weighted by molar-refractivity contribution is 8.01. The number of alkyl halides is 3. The van der Waals surface area contributed by atoms with Gasteiger partial charge in [-0.1, -0.05) is 6.07 Å². The Bertz CT molecular complexity index is 724. The topological polar surface area (TPSA) is 66.9 Å². The third-order valence-electron chi connectivity index (χ3n) is 3.75. The van der Waals surface area contributed by atoms with Gasteiger partial charge in [-0.05, 0) is 18.2 Å². The summed E-state index contributed by atoms with van der Waals surface area (Å²) in [5.74, 6) is -1.14. The summed E-state index contributed by atoms with van der Waals surface area (Å²) < 4.78 is 43.1. The number of esters is 1. The van der Waals surface area contributed by atoms with Crippen LogP contribution >= 0.6 is 11.8 Å². The van der Waals surface area contributed by atoms with Gasteiger partial charge >= 0.3 is 18.2 Å². The second-order valence-electron chi connectivity index (χ2n) is 5.14. The van der Waals surface area contributed by atoms with Gasteiger partial charge in [0.15, 0.2) is 5.37 Å². The van der Waals surface area contributed by atoms with E-state index in [-0.39, 0.29) is 11.4 Å². The molecular formula is C14H11F3N2O4S. The van der Waals surface area contributed by atoms with Crippen LogP contribution in [0.3, 0.4) is 0 Å². The molecule has 0 spiro atoms. The number of methoxy groups -OCH3 is 1. The average molecular weight is 360 g/mol. The average Bonchev–Trinajstić information content (AvgIpc) is 3.07. The summed E-state index contributed by atoms with van der Waals surface area (Å²) >= 11 is 1.08. The van der Waals surface area contributed by atoms with E-state index in [1.807, 2.05) is 0 Å². The van der Waals surface area contributed by atoms with Crippen LogP contribution in [0.5, 0.6) is 0 Å². The second-order valence-corrected chi connectivity index (χ2v) is 6.25. The molecule has 0 N–H and O–H groups in total. The van der Waals surface area contributed by atoms with Crippen molar-refractivity contribution in [2.45, 2.75) is 17.6 Å². The van der Waals surface area contributed by atoms with Crippen molar-refractivity contribution < 1.29 is 32.3 Å². The Balaban J connectivity index is 1.95. The molecule has 2 atom stereocenters. The lowest BCUT2D eigenvalue weighted by Gasteiger charge is -2.21. The Morgan fingerprint density at radius 2 is 2.04 bits per heavy atom. The fourth-order valence-electron chi connectivity index (χ4n) is 2.63. The molecule has 0 aliphatic carbocycles. The van der Waals surface area contributed by atoms with Crippen LogP contribution in [0.2, 0.25) is 0 Å². The summed E-state index contributed by atoms with van der Waals surface area (Å²) in [4.78, 5) is 38.4. The molecule has 0 aromatic heterocycles. The molecule has 6 nitrogen and oxygen atoms in total. The number of imide groups is 1. The van der Waals surface area contributed by atoms with Crippen molar-refractivity contribution in [3.63, 3.8) is 0 Å². The van der Waals surface area contributed by atoms with E-state index in [2.05, 4.69) is 4.74 Å². The zero-order valence-corrected chi connectivity index (χ0v) is 13.1. The predicted octanol–water partition coefficient (Wildman–Crippen LogP) is 2.09. The second kappa shape index (κ2) is 5.69. The van der Waals surface area contributed by atoms with Crippen LogP contribution < -0.4 is 4.90 Å². The van der Waals surface area contributed by atoms with Gasteiger partial charge in [0.2, 0.25) is 0 Å². The SMILES string of the molecule is COC(=O)C1CSC2C(=O)N(c3cccc(C(F)(F)F)c3)C(=O)N12. The first kappa shape index (κ1) is 16.6. The van der Waals surface area contributed by atoms with E-state index in [1.54, 1.807) is 0 Å². The lowest BCUT2D eigenvalue weighted by molar-refractivity contribution is -0.144. The van der Waals surface area contributed by atoms with E-state index < -0.39 is 41.1 Å². The highest BCUT2D eigenvalue weighted by atomic mass is 32.2. The van der Waals surface area contributed by atoms with Crippen molar-refractivity contribution in [1.82, 2.24) is 4.90 Å². The molecule has 10 heteroatoms. The number of carbonyl (C=O) groups is 3. The van der Waals surface area contributed by atoms with E-state index in [1.165, 1.54) is 6.07 Å². The number of amides is 3. The number of nitrogens with zero attached hydrogens (tertiary/aromatic N) is 2. The van der Waals surface area contributed by atoms with Crippen LogP contribution in [0.25, 0.3) is 0 Å². The minimum absolute atomic E-state index is 0.182. The Kier molecular flexibility index (Phi) is 3.94. The number of rotatable bonds is 2. The summed E-state index contributed by atoms with van der Waals surface area (Å²) in [6, 6.07) is 2.18. The Morgan fingerprint density at radius 3 is 2.67 bits per heavy atom. The molecule has 128 valence electrons. The summed E-state index contributed by atoms with van der Waals surface area (Å²) in [7, 11) is 1.16. The largest absolute Gasteiger partial charge is 0.467 e. The first-order valence-electron chi connectivity index (χ1n) is 6.78. The number of hydrogen-bond acceptors (Lipinski definition) is 5. The van der Waals surface area contributed by atoms with Crippen LogP contribution in [0, 0.1) is 0 Å². The van der Waals surface area contributed by atoms with Gasteiger partial charge in [-0.15, -0.1) is 11.8 Å². The quantitative estimate of drug-likeness (QED) is 0.597. The molecular weight excluding hydrogens is 349 g/mol. The molecule has 24 heavy (non-hydrogen) atoms. The fourth-order valence-corrected chi connectivity index (χ4v) is 3.93. The molecule has 0 radical (unpaired) electrons. The van der Waals surface area contributed by atoms with E-state index in [0.29, 0.717) is 4.90 Å². The maximum Gasteiger partial charge on any atom is 0.416 e. The smallest absolute Gasteiger partial charge is 0.416 e. The molecule has 2 aliphatic heterocycles. The van der Waals surface area contributed by atoms with Crippen molar-refractivity contribution in [3.05, 3.63) is 29.8 Å². The zero-order valence-electron chi connectivity index (χ0n) is 12.2. The zero-order chi connectivity index (χ0) is 17.6. The van der Waals surface area contributed by atoms with Crippen molar-refractivity contribution in [2.75, 3.05) is 17.8 Å². The summed E-state index contributed by atoms with van der Waals surface area (Å²) in [6.45, 7) is 0. The molecule has 2 saturated heterocycles. The predicted molar refractivity (Wildman–Crippen MR) is 78.2 cm³/mol. The van der Waals surface area contributed by atoms with Crippen LogP contribution in [0.1, 0.15) is 5.56 Å². The van der Waals surface area contributed by atoms with Crippen molar-refractivity contribution in [3.8, 4) is 0 Å². The van der Waals surface area contributed by atoms with Crippen LogP contribution in [-0.4, -0.2) is 47.1 Å². The van der Waals surface area contributed by atoms with Gasteiger partial charge < -0.3 is 4.74 Å². The standard InChI is InChI=1S/C14H11F3N2O4S/c1-23-12(21)9-6-24-11-10(20)18(13(22)19(9)11)8-4-2-3-7(5-8)14(15,16)17/h2-5,9,11H,6H2,1H3. The van der Waals surface area contributed by atoms with E-state index >= 15 is 0 Å². The third-order valence-corrected chi connectivity index (χ3v) is 5.00. The first-order chi connectivity index (χ1) is 11.3. The van der Waals surface area contributed by atoms with Crippen LogP contribution in [0.4, 0.5) is 23.7 Å². The lowest BCUT2D eigenvalue weighted by Crippen LogP contribution is -2.44. The molecule has 1 aromatic carbocycles. The number of benzene rings is 1. The summed E-state index contributed by atoms with van der Waals surface area (Å²) in [6.07, 6.45) is -4.60. The van der Waals surface area contributed by atoms with Gasteiger partial charge in [-0.3, -0.25) is 9.69 Å². The number of halogens is 3. The number of urea groups is 1. The van der Waals surface area contributed by atoms with Crippen LogP contribution in [0.15, 0.2) is 24.3 Å². The highest BCUT2D eigenvalue weighted by Crippen LogP contribution is 2.40. The maximum absolute atomic E-state index is 12.8. The Morgan fingerprint density at radius 1 is 1.33 bits per heavy atom. The van der Waals surface area contributed by atoms with Crippen molar-refractivity contribution in [1.29, 1.82) is 0 Å². The van der Waals surface area contributed by atoms with E-state index in [0.717, 1.165) is 42.0 Å². The van der Waals surface area contributed by atoms with Gasteiger partial charge in [0.25, 0.3) is 5.91 Å². The Labute approximate surface area is 138 Å². The monoisotopic (exact) mass is 360 g/mol. The van der Waals surface area contributed by atoms with Gasteiger partial charge in [-0.2, -0.15) is 13.2 Å². The minimum atomic E-state index is -4.60. The normalized spacial score (nSPS) is 23.7. The maximum atomic E-state index is 12.8. The number of carbonyl (C=O) groups excluding carboxylic acids is 3. The molecule has 3 amide bonds. The number of thioether (sulfide) groups is 1. The summed E-state index contributed by atoms with van der Waals surface area (Å²) in [5, 5.41) is -0.934. The first-order valence-corrected chi connectivity index (χ1v) is 7.83. The number of ether oxygens (including phenoxy) is 1. The molecule has 3 rings (SSSR count). The minimum Gasteiger partial charge on any atom is -0.467 e. The Hall–Kier alpha value is -2.23. The van der Waals surface area contributed by atoms with Crippen LogP contribution in [-0.2, 0) is 20.5 Å². The summed E-state index contributed by atoms with van der Waals surface area (Å²) in [5.41, 5.74) is -1.15. The van der Waals surface area contributed by atoms with Gasteiger partial charge in [0.1, 0.15) is 6.04 Å². The molecule has 0 bridgehead atoms. The number of anilines is 1. The molecule has 2 fully saturated rings. The molecule has 2 heterocycles. The molecule has 2 unspecified atom stereocenters. The van der Waals surface area contributed by atoms with Gasteiger partial charge in [-0.25, -0.2) is 14.5 Å². The van der Waals surface area contributed by atoms with Crippen molar-refractivity contribution in [2.24, 2.45) is 0 Å². The third kappa shape index (κ3) is 2.50. The van der Waals surface area contributed by atoms with E-state index in [9.17, 15) is 27.6 Å². The molecule has 0 saturated carbocycles. The lowest BCUT2D eigenvalue weighted by atomic mass is 10.2. The van der Waals surface area contributed by atoms with Gasteiger partial charge in [0, 0.05) is 5.75 Å². The molecule has 1 aromatic rings. The fraction of sp³-hybridized carbons (Fsp3) is 0.357. The number of hydrogen-bond donors (Lipinski definition) is 0. The van der Waals surface area contributed by atoms with Crippen molar-refractivity contribution >= 4 is 35.4 Å². The number of fused-ring (bicyclic) bond motifs is 1. The molecule has 2 aliphatic rings. The van der Waals surface area contributed by atoms with E-state index in [4.69, 9.17) is 0 Å². The highest BCUT2D eigenvalue weighted by Gasteiger charge is 2.55.